The van der Waals surface area contributed by atoms with Gasteiger partial charge in [0.15, 0.2) is 6.61 Å². The number of phenolic OH excluding ortho intramolecular Hbond substituents is 1. The number of ether oxygens (including phenoxy) is 1. The number of phenols is 1. The lowest BCUT2D eigenvalue weighted by molar-refractivity contribution is -0.124. The van der Waals surface area contributed by atoms with Crippen molar-refractivity contribution in [3.05, 3.63) is 42.0 Å². The molecule has 0 aliphatic heterocycles. The summed E-state index contributed by atoms with van der Waals surface area (Å²) in [6.45, 7) is 3.57. The van der Waals surface area contributed by atoms with Crippen LogP contribution in [-0.2, 0) is 9.53 Å². The van der Waals surface area contributed by atoms with Gasteiger partial charge in [0.25, 0.3) is 5.91 Å². The molecule has 0 saturated carbocycles. The van der Waals surface area contributed by atoms with Crippen LogP contribution < -0.4 is 5.32 Å². The number of aromatic hydroxyl groups is 1. The quantitative estimate of drug-likeness (QED) is 0.804. The molecule has 1 unspecified atom stereocenters. The highest BCUT2D eigenvalue weighted by Crippen LogP contribution is 2.25. The number of rotatable bonds is 6. The van der Waals surface area contributed by atoms with Crippen LogP contribution >= 0.6 is 0 Å². The smallest absolute Gasteiger partial charge is 0.342 e. The van der Waals surface area contributed by atoms with Gasteiger partial charge in [0.2, 0.25) is 0 Å². The van der Waals surface area contributed by atoms with Crippen molar-refractivity contribution in [3.8, 4) is 5.75 Å². The van der Waals surface area contributed by atoms with Crippen molar-refractivity contribution in [2.24, 2.45) is 0 Å². The van der Waals surface area contributed by atoms with Crippen LogP contribution in [0.1, 0.15) is 37.0 Å². The summed E-state index contributed by atoms with van der Waals surface area (Å²) in [5.74, 6) is -1.22. The number of nitrogens with one attached hydrogen (secondary N) is 1. The number of hydrogen-bond donors (Lipinski definition) is 2. The van der Waals surface area contributed by atoms with Gasteiger partial charge < -0.3 is 15.2 Å². The number of fused-ring (bicyclic) bond motifs is 1. The second kappa shape index (κ2) is 7.63. The Morgan fingerprint density at radius 2 is 1.87 bits per heavy atom. The molecule has 122 valence electrons. The van der Waals surface area contributed by atoms with Crippen molar-refractivity contribution >= 4 is 22.6 Å². The molecule has 0 bridgehead atoms. The van der Waals surface area contributed by atoms with E-state index in [0.717, 1.165) is 23.6 Å². The highest BCUT2D eigenvalue weighted by molar-refractivity contribution is 5.99. The Balaban J connectivity index is 2.01. The second-order valence-electron chi connectivity index (χ2n) is 5.55. The molecule has 23 heavy (non-hydrogen) atoms. The lowest BCUT2D eigenvalue weighted by Gasteiger charge is -2.13. The third kappa shape index (κ3) is 4.45. The summed E-state index contributed by atoms with van der Waals surface area (Å²) in [5, 5.41) is 14.4. The monoisotopic (exact) mass is 315 g/mol. The zero-order chi connectivity index (χ0) is 16.8. The lowest BCUT2D eigenvalue weighted by atomic mass is 10.1. The maximum atomic E-state index is 12.1. The van der Waals surface area contributed by atoms with Crippen LogP contribution in [-0.4, -0.2) is 29.6 Å². The molecule has 0 aromatic heterocycles. The van der Waals surface area contributed by atoms with Crippen molar-refractivity contribution in [2.45, 2.75) is 32.7 Å². The van der Waals surface area contributed by atoms with Crippen LogP contribution in [0.4, 0.5) is 0 Å². The topological polar surface area (TPSA) is 75.6 Å². The van der Waals surface area contributed by atoms with Gasteiger partial charge in [0, 0.05) is 6.04 Å². The summed E-state index contributed by atoms with van der Waals surface area (Å²) in [6.07, 6.45) is 1.83. The van der Waals surface area contributed by atoms with Gasteiger partial charge in [-0.25, -0.2) is 4.79 Å². The highest BCUT2D eigenvalue weighted by Gasteiger charge is 2.16. The fourth-order valence-electron chi connectivity index (χ4n) is 2.42. The van der Waals surface area contributed by atoms with E-state index in [0.29, 0.717) is 0 Å². The molecular weight excluding hydrogens is 294 g/mol. The van der Waals surface area contributed by atoms with Crippen LogP contribution in [0.3, 0.4) is 0 Å². The first-order chi connectivity index (χ1) is 11.0. The fourth-order valence-corrected chi connectivity index (χ4v) is 2.42. The summed E-state index contributed by atoms with van der Waals surface area (Å²) in [6, 6.07) is 10.5. The molecule has 2 aromatic rings. The summed E-state index contributed by atoms with van der Waals surface area (Å²) in [4.78, 5) is 23.8. The third-order valence-electron chi connectivity index (χ3n) is 3.55. The molecule has 0 aliphatic carbocycles. The molecule has 5 heteroatoms. The van der Waals surface area contributed by atoms with E-state index in [1.807, 2.05) is 38.1 Å². The predicted octanol–water partition coefficient (Wildman–Crippen LogP) is 3.01. The van der Waals surface area contributed by atoms with Crippen molar-refractivity contribution in [1.82, 2.24) is 5.32 Å². The van der Waals surface area contributed by atoms with Crippen molar-refractivity contribution in [2.75, 3.05) is 6.61 Å². The van der Waals surface area contributed by atoms with E-state index in [-0.39, 0.29) is 29.9 Å². The minimum Gasteiger partial charge on any atom is -0.507 e. The first-order valence-electron chi connectivity index (χ1n) is 7.69. The van der Waals surface area contributed by atoms with Crippen LogP contribution in [0.15, 0.2) is 36.4 Å². The summed E-state index contributed by atoms with van der Waals surface area (Å²) >= 11 is 0. The van der Waals surface area contributed by atoms with Gasteiger partial charge in [-0.05, 0) is 36.2 Å². The van der Waals surface area contributed by atoms with Crippen LogP contribution in [0.25, 0.3) is 10.8 Å². The molecule has 2 N–H and O–H groups in total. The lowest BCUT2D eigenvalue weighted by Crippen LogP contribution is -2.35. The molecule has 2 rings (SSSR count). The molecule has 0 heterocycles. The molecule has 5 nitrogen and oxygen atoms in total. The molecule has 0 saturated heterocycles. The number of carbonyl (C=O) groups excluding carboxylic acids is 2. The van der Waals surface area contributed by atoms with E-state index in [1.165, 1.54) is 6.07 Å². The maximum Gasteiger partial charge on any atom is 0.342 e. The zero-order valence-electron chi connectivity index (χ0n) is 13.3. The summed E-state index contributed by atoms with van der Waals surface area (Å²) in [5.41, 5.74) is 0.0538. The fraction of sp³-hybridized carbons (Fsp3) is 0.333. The first kappa shape index (κ1) is 16.8. The highest BCUT2D eigenvalue weighted by atomic mass is 16.5. The predicted molar refractivity (Wildman–Crippen MR) is 88.4 cm³/mol. The van der Waals surface area contributed by atoms with Gasteiger partial charge in [0.1, 0.15) is 11.3 Å². The Kier molecular flexibility index (Phi) is 5.57. The minimum absolute atomic E-state index is 0.0419. The van der Waals surface area contributed by atoms with E-state index in [4.69, 9.17) is 4.74 Å². The second-order valence-corrected chi connectivity index (χ2v) is 5.55. The molecule has 0 fully saturated rings. The minimum atomic E-state index is -0.716. The largest absolute Gasteiger partial charge is 0.507 e. The number of hydrogen-bond acceptors (Lipinski definition) is 4. The molecule has 1 atom stereocenters. The molecular formula is C18H21NO4. The Hall–Kier alpha value is -2.56. The Bertz CT molecular complexity index is 711. The number of amides is 1. The summed E-state index contributed by atoms with van der Waals surface area (Å²) in [7, 11) is 0. The van der Waals surface area contributed by atoms with Gasteiger partial charge in [-0.3, -0.25) is 4.79 Å². The van der Waals surface area contributed by atoms with Gasteiger partial charge in [-0.1, -0.05) is 37.6 Å². The van der Waals surface area contributed by atoms with E-state index in [9.17, 15) is 14.7 Å². The molecule has 0 radical (unpaired) electrons. The third-order valence-corrected chi connectivity index (χ3v) is 3.55. The maximum absolute atomic E-state index is 12.1. The SMILES string of the molecule is CCCC(C)NC(=O)COC(=O)c1cc2ccccc2cc1O. The van der Waals surface area contributed by atoms with Crippen LogP contribution in [0.5, 0.6) is 5.75 Å². The Labute approximate surface area is 135 Å². The van der Waals surface area contributed by atoms with Crippen LogP contribution in [0.2, 0.25) is 0 Å². The molecule has 0 aliphatic rings. The average Bonchev–Trinajstić information content (AvgIpc) is 2.52. The van der Waals surface area contributed by atoms with Gasteiger partial charge in [0.05, 0.1) is 0 Å². The Morgan fingerprint density at radius 1 is 1.22 bits per heavy atom. The molecule has 2 aromatic carbocycles. The Morgan fingerprint density at radius 3 is 2.52 bits per heavy atom. The molecule has 1 amide bonds. The van der Waals surface area contributed by atoms with Crippen LogP contribution in [0, 0.1) is 0 Å². The first-order valence-corrected chi connectivity index (χ1v) is 7.69. The van der Waals surface area contributed by atoms with Gasteiger partial charge >= 0.3 is 5.97 Å². The van der Waals surface area contributed by atoms with E-state index < -0.39 is 5.97 Å². The number of esters is 1. The normalized spacial score (nSPS) is 11.9. The molecule has 0 spiro atoms. The standard InChI is InChI=1S/C18H21NO4/c1-3-6-12(2)19-17(21)11-23-18(22)15-9-13-7-4-5-8-14(13)10-16(15)20/h4-5,7-10,12,20H,3,6,11H2,1-2H3,(H,19,21). The van der Waals surface area contributed by atoms with Gasteiger partial charge in [-0.15, -0.1) is 0 Å². The zero-order valence-corrected chi connectivity index (χ0v) is 13.3. The van der Waals surface area contributed by atoms with Crippen molar-refractivity contribution in [1.29, 1.82) is 0 Å². The van der Waals surface area contributed by atoms with Gasteiger partial charge in [-0.2, -0.15) is 0 Å². The van der Waals surface area contributed by atoms with Crippen molar-refractivity contribution < 1.29 is 19.4 Å². The summed E-state index contributed by atoms with van der Waals surface area (Å²) < 4.78 is 4.99. The van der Waals surface area contributed by atoms with E-state index in [1.54, 1.807) is 6.07 Å². The average molecular weight is 315 g/mol. The van der Waals surface area contributed by atoms with E-state index in [2.05, 4.69) is 5.32 Å². The number of benzene rings is 2. The van der Waals surface area contributed by atoms with E-state index >= 15 is 0 Å². The van der Waals surface area contributed by atoms with Crippen molar-refractivity contribution in [3.63, 3.8) is 0 Å². The number of carbonyl (C=O) groups is 2.